The minimum absolute atomic E-state index is 0.0695. The van der Waals surface area contributed by atoms with Crippen molar-refractivity contribution in [3.05, 3.63) is 95.1 Å². The number of likely N-dealkylation sites (tertiary alicyclic amines) is 1. The van der Waals surface area contributed by atoms with Gasteiger partial charge in [-0.15, -0.1) is 0 Å². The van der Waals surface area contributed by atoms with Crippen LogP contribution >= 0.6 is 0 Å². The molecule has 3 aromatic carbocycles. The van der Waals surface area contributed by atoms with Gasteiger partial charge in [0.25, 0.3) is 5.91 Å². The van der Waals surface area contributed by atoms with E-state index in [1.807, 2.05) is 54.6 Å². The molecule has 0 bridgehead atoms. The highest BCUT2D eigenvalue weighted by Gasteiger charge is 2.56. The fourth-order valence-corrected chi connectivity index (χ4v) is 6.34. The zero-order chi connectivity index (χ0) is 25.4. The van der Waals surface area contributed by atoms with E-state index in [4.69, 9.17) is 4.74 Å². The molecule has 0 aromatic heterocycles. The molecular weight excluding hydrogens is 460 g/mol. The number of amides is 1. The Morgan fingerprint density at radius 2 is 1.84 bits per heavy atom. The summed E-state index contributed by atoms with van der Waals surface area (Å²) in [6.07, 6.45) is 5.14. The molecule has 37 heavy (non-hydrogen) atoms. The number of benzene rings is 3. The van der Waals surface area contributed by atoms with E-state index in [1.165, 1.54) is 25.9 Å². The summed E-state index contributed by atoms with van der Waals surface area (Å²) in [6, 6.07) is 23.3. The van der Waals surface area contributed by atoms with Gasteiger partial charge in [0.2, 0.25) is 0 Å². The van der Waals surface area contributed by atoms with Crippen LogP contribution in [0.5, 0.6) is 11.5 Å². The van der Waals surface area contributed by atoms with Gasteiger partial charge in [-0.1, -0.05) is 43.3 Å². The summed E-state index contributed by atoms with van der Waals surface area (Å²) in [4.78, 5) is 18.6. The molecule has 1 N–H and O–H groups in total. The molecule has 1 saturated heterocycles. The Morgan fingerprint density at radius 3 is 2.57 bits per heavy atom. The lowest BCUT2D eigenvalue weighted by atomic mass is 9.82. The summed E-state index contributed by atoms with van der Waals surface area (Å²) in [5, 5.41) is 10.2. The maximum Gasteiger partial charge on any atom is 0.255 e. The predicted octanol–water partition coefficient (Wildman–Crippen LogP) is 5.82. The average molecular weight is 497 g/mol. The topological polar surface area (TPSA) is 53.0 Å². The number of rotatable bonds is 7. The Bertz CT molecular complexity index is 1250. The fourth-order valence-electron chi connectivity index (χ4n) is 6.34. The Labute approximate surface area is 219 Å². The van der Waals surface area contributed by atoms with Crippen LogP contribution < -0.4 is 4.74 Å². The van der Waals surface area contributed by atoms with Crippen molar-refractivity contribution in [3.8, 4) is 11.5 Å². The number of fused-ring (bicyclic) bond motifs is 1. The van der Waals surface area contributed by atoms with Crippen molar-refractivity contribution in [2.24, 2.45) is 5.92 Å². The van der Waals surface area contributed by atoms with Crippen molar-refractivity contribution in [1.29, 1.82) is 0 Å². The number of carbonyl (C=O) groups excluding carboxylic acids is 1. The summed E-state index contributed by atoms with van der Waals surface area (Å²) in [5.41, 5.74) is 3.83. The number of aromatic hydroxyl groups is 1. The van der Waals surface area contributed by atoms with Crippen molar-refractivity contribution < 1.29 is 14.6 Å². The SMILES string of the molecule is CCCN1CCC(COc2ccc(C3c4ccc(O)cc4CC4(CC4)N3C(=O)c3ccccc3)cc2)C1. The number of hydrogen-bond acceptors (Lipinski definition) is 4. The van der Waals surface area contributed by atoms with E-state index in [0.29, 0.717) is 5.92 Å². The molecule has 6 rings (SSSR count). The molecule has 5 nitrogen and oxygen atoms in total. The van der Waals surface area contributed by atoms with Crippen LogP contribution in [-0.2, 0) is 6.42 Å². The smallest absolute Gasteiger partial charge is 0.255 e. The highest BCUT2D eigenvalue weighted by Crippen LogP contribution is 2.55. The van der Waals surface area contributed by atoms with Crippen LogP contribution in [0.25, 0.3) is 0 Å². The second kappa shape index (κ2) is 9.86. The standard InChI is InChI=1S/C32H36N2O3/c1-2-17-33-18-14-23(21-33)22-37-28-11-8-24(9-12-28)30-29-13-10-27(35)19-26(29)20-32(15-16-32)34(30)31(36)25-6-4-3-5-7-25/h3-13,19,23,30,35H,2,14-18,20-22H2,1H3. The van der Waals surface area contributed by atoms with E-state index in [1.54, 1.807) is 6.07 Å². The minimum atomic E-state index is -0.203. The quantitative estimate of drug-likeness (QED) is 0.448. The van der Waals surface area contributed by atoms with Gasteiger partial charge in [0, 0.05) is 23.6 Å². The lowest BCUT2D eigenvalue weighted by molar-refractivity contribution is 0.0541. The van der Waals surface area contributed by atoms with Gasteiger partial charge in [0.15, 0.2) is 0 Å². The second-order valence-corrected chi connectivity index (χ2v) is 11.1. The third-order valence-electron chi connectivity index (χ3n) is 8.37. The monoisotopic (exact) mass is 496 g/mol. The predicted molar refractivity (Wildman–Crippen MR) is 145 cm³/mol. The number of phenolic OH excluding ortho intramolecular Hbond substituents is 1. The maximum absolute atomic E-state index is 14.0. The first kappa shape index (κ1) is 24.1. The van der Waals surface area contributed by atoms with Gasteiger partial charge in [-0.05, 0) is 98.3 Å². The Kier molecular flexibility index (Phi) is 6.41. The summed E-state index contributed by atoms with van der Waals surface area (Å²) < 4.78 is 6.20. The van der Waals surface area contributed by atoms with Gasteiger partial charge >= 0.3 is 0 Å². The van der Waals surface area contributed by atoms with E-state index in [0.717, 1.165) is 60.4 Å². The number of hydrogen-bond donors (Lipinski definition) is 1. The molecule has 2 fully saturated rings. The van der Waals surface area contributed by atoms with Crippen LogP contribution in [0.4, 0.5) is 0 Å². The van der Waals surface area contributed by atoms with Gasteiger partial charge < -0.3 is 19.6 Å². The minimum Gasteiger partial charge on any atom is -0.508 e. The van der Waals surface area contributed by atoms with Gasteiger partial charge in [-0.25, -0.2) is 0 Å². The molecule has 3 aliphatic rings. The van der Waals surface area contributed by atoms with Crippen LogP contribution in [0, 0.1) is 5.92 Å². The van der Waals surface area contributed by atoms with E-state index in [2.05, 4.69) is 28.9 Å². The van der Waals surface area contributed by atoms with Crippen LogP contribution in [-0.4, -0.2) is 52.6 Å². The van der Waals surface area contributed by atoms with Crippen LogP contribution in [0.15, 0.2) is 72.8 Å². The van der Waals surface area contributed by atoms with Gasteiger partial charge in [0.1, 0.15) is 11.5 Å². The molecule has 192 valence electrons. The third kappa shape index (κ3) is 4.73. The van der Waals surface area contributed by atoms with Crippen LogP contribution in [0.1, 0.15) is 65.7 Å². The lowest BCUT2D eigenvalue weighted by Gasteiger charge is -2.44. The fraction of sp³-hybridized carbons (Fsp3) is 0.406. The summed E-state index contributed by atoms with van der Waals surface area (Å²) in [7, 11) is 0. The first-order chi connectivity index (χ1) is 18.1. The molecule has 2 heterocycles. The van der Waals surface area contributed by atoms with E-state index >= 15 is 0 Å². The number of carbonyl (C=O) groups is 1. The molecule has 2 unspecified atom stereocenters. The van der Waals surface area contributed by atoms with Crippen molar-refractivity contribution in [2.45, 2.75) is 50.6 Å². The largest absolute Gasteiger partial charge is 0.508 e. The molecule has 5 heteroatoms. The van der Waals surface area contributed by atoms with Crippen molar-refractivity contribution in [3.63, 3.8) is 0 Å². The molecule has 2 aliphatic heterocycles. The van der Waals surface area contributed by atoms with E-state index in [-0.39, 0.29) is 23.2 Å². The van der Waals surface area contributed by atoms with Gasteiger partial charge in [-0.2, -0.15) is 0 Å². The van der Waals surface area contributed by atoms with Gasteiger partial charge in [-0.3, -0.25) is 4.79 Å². The van der Waals surface area contributed by atoms with E-state index in [9.17, 15) is 9.90 Å². The summed E-state index contributed by atoms with van der Waals surface area (Å²) in [5.74, 6) is 1.81. The molecule has 1 aliphatic carbocycles. The van der Waals surface area contributed by atoms with Crippen molar-refractivity contribution in [1.82, 2.24) is 9.80 Å². The van der Waals surface area contributed by atoms with Crippen LogP contribution in [0.3, 0.4) is 0 Å². The molecule has 2 atom stereocenters. The van der Waals surface area contributed by atoms with Gasteiger partial charge in [0.05, 0.1) is 12.6 Å². The maximum atomic E-state index is 14.0. The first-order valence-corrected chi connectivity index (χ1v) is 13.7. The highest BCUT2D eigenvalue weighted by atomic mass is 16.5. The molecule has 0 radical (unpaired) electrons. The number of phenols is 1. The lowest BCUT2D eigenvalue weighted by Crippen LogP contribution is -2.49. The number of nitrogens with zero attached hydrogens (tertiary/aromatic N) is 2. The zero-order valence-electron chi connectivity index (χ0n) is 21.6. The normalized spacial score (nSPS) is 22.1. The summed E-state index contributed by atoms with van der Waals surface area (Å²) >= 11 is 0. The average Bonchev–Trinajstić information content (AvgIpc) is 3.53. The first-order valence-electron chi connectivity index (χ1n) is 13.7. The molecular formula is C32H36N2O3. The van der Waals surface area contributed by atoms with Crippen LogP contribution in [0.2, 0.25) is 0 Å². The Balaban J connectivity index is 1.28. The third-order valence-corrected chi connectivity index (χ3v) is 8.37. The highest BCUT2D eigenvalue weighted by molar-refractivity contribution is 5.96. The van der Waals surface area contributed by atoms with Crippen molar-refractivity contribution >= 4 is 5.91 Å². The molecule has 1 saturated carbocycles. The van der Waals surface area contributed by atoms with E-state index < -0.39 is 0 Å². The summed E-state index contributed by atoms with van der Waals surface area (Å²) in [6.45, 7) is 6.44. The Morgan fingerprint density at radius 1 is 1.05 bits per heavy atom. The molecule has 3 aromatic rings. The second-order valence-electron chi connectivity index (χ2n) is 11.1. The number of ether oxygens (including phenoxy) is 1. The van der Waals surface area contributed by atoms with Crippen molar-refractivity contribution in [2.75, 3.05) is 26.2 Å². The zero-order valence-corrected chi connectivity index (χ0v) is 21.6. The molecule has 1 spiro atoms. The molecule has 1 amide bonds. The Hall–Kier alpha value is -3.31.